The molecule has 3 rings (SSSR count). The van der Waals surface area contributed by atoms with Crippen molar-refractivity contribution in [2.45, 2.75) is 49.7 Å². The number of thioether (sulfide) groups is 1. The summed E-state index contributed by atoms with van der Waals surface area (Å²) in [4.78, 5) is 15.8. The van der Waals surface area contributed by atoms with Crippen LogP contribution in [0.25, 0.3) is 0 Å². The Morgan fingerprint density at radius 1 is 1.37 bits per heavy atom. The highest BCUT2D eigenvalue weighted by molar-refractivity contribution is 8.00. The summed E-state index contributed by atoms with van der Waals surface area (Å²) in [7, 11) is 0. The first kappa shape index (κ1) is 12.9. The average Bonchev–Trinajstić information content (AvgIpc) is 2.46. The lowest BCUT2D eigenvalue weighted by Gasteiger charge is -2.23. The number of amides is 1. The van der Waals surface area contributed by atoms with Crippen LogP contribution in [0.5, 0.6) is 0 Å². The maximum absolute atomic E-state index is 11.4. The first-order valence-electron chi connectivity index (χ1n) is 6.96. The van der Waals surface area contributed by atoms with E-state index >= 15 is 0 Å². The minimum absolute atomic E-state index is 0.0664. The topological polar surface area (TPSA) is 54.0 Å². The summed E-state index contributed by atoms with van der Waals surface area (Å²) < 4.78 is 0. The van der Waals surface area contributed by atoms with Crippen molar-refractivity contribution < 1.29 is 4.79 Å². The summed E-state index contributed by atoms with van der Waals surface area (Å²) in [5, 5.41) is 7.42. The highest BCUT2D eigenvalue weighted by atomic mass is 32.2. The van der Waals surface area contributed by atoms with Crippen LogP contribution in [0.4, 0.5) is 5.69 Å². The zero-order chi connectivity index (χ0) is 13.1. The number of nitrogens with zero attached hydrogens (tertiary/aromatic N) is 1. The summed E-state index contributed by atoms with van der Waals surface area (Å²) in [6, 6.07) is 2.69. The molecule has 1 amide bonds. The average molecular weight is 277 g/mol. The summed E-state index contributed by atoms with van der Waals surface area (Å²) >= 11 is 1.51. The lowest BCUT2D eigenvalue weighted by atomic mass is 9.95. The lowest BCUT2D eigenvalue weighted by molar-refractivity contribution is -0.113. The molecule has 19 heavy (non-hydrogen) atoms. The van der Waals surface area contributed by atoms with Gasteiger partial charge in [0.25, 0.3) is 0 Å². The molecule has 1 aromatic rings. The number of hydrogen-bond donors (Lipinski definition) is 2. The van der Waals surface area contributed by atoms with Crippen LogP contribution in [0.2, 0.25) is 0 Å². The van der Waals surface area contributed by atoms with E-state index < -0.39 is 0 Å². The Hall–Kier alpha value is -1.07. The van der Waals surface area contributed by atoms with E-state index in [4.69, 9.17) is 0 Å². The van der Waals surface area contributed by atoms with Gasteiger partial charge >= 0.3 is 0 Å². The highest BCUT2D eigenvalue weighted by Gasteiger charge is 2.17. The van der Waals surface area contributed by atoms with Crippen LogP contribution in [-0.2, 0) is 11.3 Å². The normalized spacial score (nSPS) is 19.9. The summed E-state index contributed by atoms with van der Waals surface area (Å²) in [5.74, 6) is 0.538. The van der Waals surface area contributed by atoms with Crippen LogP contribution >= 0.6 is 11.8 Å². The molecule has 2 N–H and O–H groups in total. The number of pyridine rings is 1. The molecule has 1 saturated carbocycles. The van der Waals surface area contributed by atoms with Crippen molar-refractivity contribution in [1.82, 2.24) is 10.3 Å². The Labute approximate surface area is 117 Å². The number of hydrogen-bond acceptors (Lipinski definition) is 4. The molecule has 0 radical (unpaired) electrons. The largest absolute Gasteiger partial charge is 0.323 e. The second-order valence-corrected chi connectivity index (χ2v) is 6.21. The molecule has 4 nitrogen and oxygen atoms in total. The predicted molar refractivity (Wildman–Crippen MR) is 77.3 cm³/mol. The second-order valence-electron chi connectivity index (χ2n) is 5.25. The maximum Gasteiger partial charge on any atom is 0.234 e. The molecular formula is C14H19N3OS. The third kappa shape index (κ3) is 3.28. The van der Waals surface area contributed by atoms with Gasteiger partial charge < -0.3 is 10.6 Å². The first-order chi connectivity index (χ1) is 9.31. The summed E-state index contributed by atoms with van der Waals surface area (Å²) in [6.45, 7) is 0.839. The molecule has 0 spiro atoms. The van der Waals surface area contributed by atoms with E-state index in [2.05, 4.69) is 15.6 Å². The van der Waals surface area contributed by atoms with Gasteiger partial charge in [0.2, 0.25) is 5.91 Å². The van der Waals surface area contributed by atoms with Gasteiger partial charge in [-0.25, -0.2) is 4.98 Å². The molecule has 0 unspecified atom stereocenters. The second kappa shape index (κ2) is 5.92. The smallest absolute Gasteiger partial charge is 0.234 e. The minimum Gasteiger partial charge on any atom is -0.323 e. The van der Waals surface area contributed by atoms with E-state index in [0.717, 1.165) is 22.8 Å². The van der Waals surface area contributed by atoms with E-state index in [1.807, 2.05) is 12.3 Å². The number of aromatic nitrogens is 1. The molecule has 1 aromatic heterocycles. The molecular weight excluding hydrogens is 258 g/mol. The quantitative estimate of drug-likeness (QED) is 0.891. The molecule has 5 heteroatoms. The molecule has 2 heterocycles. The van der Waals surface area contributed by atoms with Gasteiger partial charge in [-0.2, -0.15) is 0 Å². The Kier molecular flexibility index (Phi) is 4.03. The maximum atomic E-state index is 11.4. The van der Waals surface area contributed by atoms with Crippen molar-refractivity contribution in [2.24, 2.45) is 0 Å². The molecule has 1 aliphatic heterocycles. The van der Waals surface area contributed by atoms with Crippen LogP contribution in [0.15, 0.2) is 17.3 Å². The molecule has 0 atom stereocenters. The Balaban J connectivity index is 1.61. The van der Waals surface area contributed by atoms with Crippen molar-refractivity contribution in [2.75, 3.05) is 11.1 Å². The van der Waals surface area contributed by atoms with Crippen LogP contribution in [0.3, 0.4) is 0 Å². The van der Waals surface area contributed by atoms with Crippen LogP contribution in [0, 0.1) is 0 Å². The molecule has 1 fully saturated rings. The number of rotatable bonds is 3. The van der Waals surface area contributed by atoms with Crippen molar-refractivity contribution in [1.29, 1.82) is 0 Å². The zero-order valence-corrected chi connectivity index (χ0v) is 11.8. The van der Waals surface area contributed by atoms with E-state index in [9.17, 15) is 4.79 Å². The van der Waals surface area contributed by atoms with Crippen LogP contribution < -0.4 is 10.6 Å². The summed E-state index contributed by atoms with van der Waals surface area (Å²) in [5.41, 5.74) is 2.01. The van der Waals surface area contributed by atoms with Crippen LogP contribution in [0.1, 0.15) is 37.7 Å². The van der Waals surface area contributed by atoms with Crippen molar-refractivity contribution >= 4 is 23.4 Å². The monoisotopic (exact) mass is 277 g/mol. The molecule has 2 aliphatic rings. The van der Waals surface area contributed by atoms with Crippen molar-refractivity contribution in [3.05, 3.63) is 17.8 Å². The van der Waals surface area contributed by atoms with Gasteiger partial charge in [0, 0.05) is 18.8 Å². The Morgan fingerprint density at radius 2 is 2.21 bits per heavy atom. The minimum atomic E-state index is 0.0664. The van der Waals surface area contributed by atoms with Gasteiger partial charge in [0.1, 0.15) is 5.03 Å². The van der Waals surface area contributed by atoms with Crippen molar-refractivity contribution in [3.8, 4) is 0 Å². The van der Waals surface area contributed by atoms with E-state index in [0.29, 0.717) is 11.8 Å². The zero-order valence-electron chi connectivity index (χ0n) is 10.9. The molecule has 0 saturated heterocycles. The number of carbonyl (C=O) groups excluding carboxylic acids is 1. The summed E-state index contributed by atoms with van der Waals surface area (Å²) in [6.07, 6.45) is 8.54. The van der Waals surface area contributed by atoms with E-state index in [1.54, 1.807) is 0 Å². The van der Waals surface area contributed by atoms with E-state index in [1.165, 1.54) is 43.9 Å². The first-order valence-corrected chi connectivity index (χ1v) is 7.95. The lowest BCUT2D eigenvalue weighted by Crippen LogP contribution is -2.30. The van der Waals surface area contributed by atoms with Crippen LogP contribution in [-0.4, -0.2) is 22.7 Å². The van der Waals surface area contributed by atoms with Gasteiger partial charge in [-0.15, -0.1) is 0 Å². The number of nitrogens with one attached hydrogen (secondary N) is 2. The fraction of sp³-hybridized carbons (Fsp3) is 0.571. The van der Waals surface area contributed by atoms with Gasteiger partial charge in [0.15, 0.2) is 0 Å². The molecule has 0 aromatic carbocycles. The van der Waals surface area contributed by atoms with Gasteiger partial charge in [-0.05, 0) is 24.5 Å². The fourth-order valence-electron chi connectivity index (χ4n) is 2.69. The fourth-order valence-corrected chi connectivity index (χ4v) is 3.42. The predicted octanol–water partition coefficient (Wildman–Crippen LogP) is 2.55. The van der Waals surface area contributed by atoms with Gasteiger partial charge in [0.05, 0.1) is 11.4 Å². The molecule has 1 aliphatic carbocycles. The van der Waals surface area contributed by atoms with E-state index in [-0.39, 0.29) is 5.91 Å². The van der Waals surface area contributed by atoms with Crippen molar-refractivity contribution in [3.63, 3.8) is 0 Å². The Bertz CT molecular complexity index is 472. The SMILES string of the molecule is O=C1CSc2ncc(CNC3CCCCC3)cc2N1. The Morgan fingerprint density at radius 3 is 3.05 bits per heavy atom. The number of carbonyl (C=O) groups is 1. The molecule has 0 bridgehead atoms. The highest BCUT2D eigenvalue weighted by Crippen LogP contribution is 2.29. The third-order valence-electron chi connectivity index (χ3n) is 3.72. The third-order valence-corrected chi connectivity index (χ3v) is 4.73. The number of anilines is 1. The van der Waals surface area contributed by atoms with Gasteiger partial charge in [-0.3, -0.25) is 4.79 Å². The standard InChI is InChI=1S/C14H19N3OS/c18-13-9-19-14-12(17-13)6-10(8-16-14)7-15-11-4-2-1-3-5-11/h6,8,11,15H,1-5,7,9H2,(H,17,18). The van der Waals surface area contributed by atoms with Gasteiger partial charge in [-0.1, -0.05) is 31.0 Å². The molecule has 102 valence electrons. The number of fused-ring (bicyclic) bond motifs is 1.